The molecule has 0 aliphatic carbocycles. The van der Waals surface area contributed by atoms with Crippen molar-refractivity contribution >= 4 is 11.6 Å². The van der Waals surface area contributed by atoms with E-state index >= 15 is 0 Å². The number of hydrogen-bond donors (Lipinski definition) is 0. The number of methoxy groups -OCH3 is 1. The highest BCUT2D eigenvalue weighted by molar-refractivity contribution is 5.93. The third-order valence-electron chi connectivity index (χ3n) is 5.35. The smallest absolute Gasteiger partial charge is 0.274 e. The van der Waals surface area contributed by atoms with Gasteiger partial charge in [0.25, 0.3) is 5.91 Å². The minimum Gasteiger partial charge on any atom is -0.497 e. The summed E-state index contributed by atoms with van der Waals surface area (Å²) in [5.74, 6) is 1.48. The monoisotopic (exact) mass is 399 g/mol. The highest BCUT2D eigenvalue weighted by atomic mass is 16.5. The molecule has 0 bridgehead atoms. The molecule has 0 spiro atoms. The Bertz CT molecular complexity index is 1250. The summed E-state index contributed by atoms with van der Waals surface area (Å²) in [6.45, 7) is 2.98. The number of fused-ring (bicyclic) bond motifs is 2. The molecule has 5 rings (SSSR count). The van der Waals surface area contributed by atoms with E-state index in [1.807, 2.05) is 60.1 Å². The molecule has 1 aliphatic rings. The van der Waals surface area contributed by atoms with Gasteiger partial charge in [0.05, 0.1) is 19.3 Å². The van der Waals surface area contributed by atoms with Gasteiger partial charge in [-0.05, 0) is 42.3 Å². The zero-order valence-corrected chi connectivity index (χ0v) is 16.9. The highest BCUT2D eigenvalue weighted by Crippen LogP contribution is 2.23. The van der Waals surface area contributed by atoms with E-state index in [0.717, 1.165) is 39.6 Å². The van der Waals surface area contributed by atoms with Crippen molar-refractivity contribution in [2.45, 2.75) is 26.4 Å². The van der Waals surface area contributed by atoms with E-state index in [1.54, 1.807) is 18.2 Å². The molecule has 0 N–H and O–H groups in total. The van der Waals surface area contributed by atoms with Crippen LogP contribution < -0.4 is 4.74 Å². The Labute approximate surface area is 174 Å². The van der Waals surface area contributed by atoms with Gasteiger partial charge in [0.15, 0.2) is 0 Å². The Kier molecular flexibility index (Phi) is 4.43. The van der Waals surface area contributed by atoms with Crippen LogP contribution in [0, 0.1) is 6.92 Å². The lowest BCUT2D eigenvalue weighted by Crippen LogP contribution is -2.25. The van der Waals surface area contributed by atoms with Gasteiger partial charge in [-0.2, -0.15) is 0 Å². The number of carbonyl (C=O) groups excluding carboxylic acids is 1. The van der Waals surface area contributed by atoms with Gasteiger partial charge in [0, 0.05) is 37.1 Å². The van der Waals surface area contributed by atoms with Crippen molar-refractivity contribution in [2.24, 2.45) is 0 Å². The molecule has 0 fully saturated rings. The zero-order chi connectivity index (χ0) is 20.7. The van der Waals surface area contributed by atoms with E-state index in [4.69, 9.17) is 9.72 Å². The van der Waals surface area contributed by atoms with Crippen LogP contribution in [0.4, 0.5) is 0 Å². The molecule has 150 valence electrons. The lowest BCUT2D eigenvalue weighted by Gasteiger charge is -2.12. The van der Waals surface area contributed by atoms with E-state index in [1.165, 1.54) is 0 Å². The van der Waals surface area contributed by atoms with Gasteiger partial charge in [-0.15, -0.1) is 0 Å². The van der Waals surface area contributed by atoms with Crippen LogP contribution in [-0.4, -0.2) is 37.3 Å². The Balaban J connectivity index is 1.32. The summed E-state index contributed by atoms with van der Waals surface area (Å²) >= 11 is 0. The molecule has 0 saturated heterocycles. The van der Waals surface area contributed by atoms with Crippen LogP contribution in [-0.2, 0) is 19.5 Å². The lowest BCUT2D eigenvalue weighted by atomic mass is 10.1. The first-order valence-electron chi connectivity index (χ1n) is 9.80. The molecule has 1 aromatic carbocycles. The number of imidazole rings is 1. The Morgan fingerprint density at radius 3 is 2.77 bits per heavy atom. The quantitative estimate of drug-likeness (QED) is 0.527. The van der Waals surface area contributed by atoms with Crippen molar-refractivity contribution in [3.05, 3.63) is 88.9 Å². The predicted octanol–water partition coefficient (Wildman–Crippen LogP) is 3.19. The number of nitrogens with zero attached hydrogens (tertiary/aromatic N) is 5. The van der Waals surface area contributed by atoms with Gasteiger partial charge in [-0.1, -0.05) is 12.1 Å². The molecule has 7 nitrogen and oxygen atoms in total. The van der Waals surface area contributed by atoms with Crippen molar-refractivity contribution in [1.29, 1.82) is 0 Å². The summed E-state index contributed by atoms with van der Waals surface area (Å²) in [5, 5.41) is 0. The number of rotatable bonds is 4. The molecule has 7 heteroatoms. The molecule has 4 aromatic rings. The first-order chi connectivity index (χ1) is 14.6. The molecule has 0 unspecified atom stereocenters. The fraction of sp³-hybridized carbons (Fsp3) is 0.217. The number of ether oxygens (including phenoxy) is 1. The molecule has 0 radical (unpaired) electrons. The van der Waals surface area contributed by atoms with Gasteiger partial charge in [-0.3, -0.25) is 4.79 Å². The Morgan fingerprint density at radius 2 is 1.97 bits per heavy atom. The van der Waals surface area contributed by atoms with Crippen molar-refractivity contribution in [2.75, 3.05) is 7.11 Å². The van der Waals surface area contributed by atoms with Crippen molar-refractivity contribution < 1.29 is 9.53 Å². The average Bonchev–Trinajstić information content (AvgIpc) is 3.37. The largest absolute Gasteiger partial charge is 0.497 e. The third-order valence-corrected chi connectivity index (χ3v) is 5.35. The maximum absolute atomic E-state index is 13.0. The fourth-order valence-electron chi connectivity index (χ4n) is 3.70. The number of pyridine rings is 1. The first kappa shape index (κ1) is 18.3. The van der Waals surface area contributed by atoms with E-state index in [-0.39, 0.29) is 5.91 Å². The second kappa shape index (κ2) is 7.26. The van der Waals surface area contributed by atoms with Crippen molar-refractivity contribution in [3.63, 3.8) is 0 Å². The summed E-state index contributed by atoms with van der Waals surface area (Å²) in [5.41, 5.74) is 5.33. The van der Waals surface area contributed by atoms with Crippen LogP contribution in [0.1, 0.15) is 38.7 Å². The van der Waals surface area contributed by atoms with Crippen LogP contribution in [0.3, 0.4) is 0 Å². The molecule has 3 aromatic heterocycles. The highest BCUT2D eigenvalue weighted by Gasteiger charge is 2.27. The van der Waals surface area contributed by atoms with Gasteiger partial charge < -0.3 is 14.0 Å². The number of benzene rings is 1. The Hall–Kier alpha value is -3.74. The summed E-state index contributed by atoms with van der Waals surface area (Å²) in [6, 6.07) is 11.8. The van der Waals surface area contributed by atoms with E-state index < -0.39 is 0 Å². The number of aryl methyl sites for hydroxylation is 1. The van der Waals surface area contributed by atoms with Gasteiger partial charge >= 0.3 is 0 Å². The maximum Gasteiger partial charge on any atom is 0.274 e. The molecule has 0 saturated carbocycles. The van der Waals surface area contributed by atoms with E-state index in [0.29, 0.717) is 25.2 Å². The van der Waals surface area contributed by atoms with E-state index in [2.05, 4.69) is 9.97 Å². The SMILES string of the molecule is COc1ccc(Cc2ncc3c(n2)CN(C(=O)c2cn4ccc(C)cc4n2)C3)cc1. The molecular formula is C23H21N5O2. The second-order valence-electron chi connectivity index (χ2n) is 7.54. The van der Waals surface area contributed by atoms with Gasteiger partial charge in [0.1, 0.15) is 22.9 Å². The standard InChI is InChI=1S/C23H21N5O2/c1-15-7-8-27-14-20(26-22(27)9-15)23(29)28-12-17-11-24-21(25-19(17)13-28)10-16-3-5-18(30-2)6-4-16/h3-9,11,14H,10,12-13H2,1-2H3. The molecule has 0 atom stereocenters. The summed E-state index contributed by atoms with van der Waals surface area (Å²) in [6.07, 6.45) is 6.17. The minimum absolute atomic E-state index is 0.0916. The van der Waals surface area contributed by atoms with Gasteiger partial charge in [0.2, 0.25) is 0 Å². The molecule has 1 amide bonds. The summed E-state index contributed by atoms with van der Waals surface area (Å²) < 4.78 is 7.07. The van der Waals surface area contributed by atoms with Crippen molar-refractivity contribution in [3.8, 4) is 5.75 Å². The average molecular weight is 399 g/mol. The second-order valence-corrected chi connectivity index (χ2v) is 7.54. The van der Waals surface area contributed by atoms with Gasteiger partial charge in [-0.25, -0.2) is 15.0 Å². The van der Waals surface area contributed by atoms with E-state index in [9.17, 15) is 4.79 Å². The normalized spacial score (nSPS) is 12.9. The minimum atomic E-state index is -0.0916. The first-order valence-corrected chi connectivity index (χ1v) is 9.80. The van der Waals surface area contributed by atoms with Crippen LogP contribution >= 0.6 is 0 Å². The predicted molar refractivity (Wildman–Crippen MR) is 111 cm³/mol. The fourth-order valence-corrected chi connectivity index (χ4v) is 3.70. The van der Waals surface area contributed by atoms with Crippen molar-refractivity contribution in [1.82, 2.24) is 24.3 Å². The summed E-state index contributed by atoms with van der Waals surface area (Å²) in [4.78, 5) is 28.5. The number of aromatic nitrogens is 4. The molecular weight excluding hydrogens is 378 g/mol. The van der Waals surface area contributed by atoms with Crippen LogP contribution in [0.5, 0.6) is 5.75 Å². The number of amides is 1. The van der Waals surface area contributed by atoms with Crippen LogP contribution in [0.25, 0.3) is 5.65 Å². The van der Waals surface area contributed by atoms with Crippen LogP contribution in [0.2, 0.25) is 0 Å². The number of hydrogen-bond acceptors (Lipinski definition) is 5. The Morgan fingerprint density at radius 1 is 1.13 bits per heavy atom. The lowest BCUT2D eigenvalue weighted by molar-refractivity contribution is 0.0745. The zero-order valence-electron chi connectivity index (χ0n) is 16.9. The third kappa shape index (κ3) is 3.39. The molecule has 1 aliphatic heterocycles. The van der Waals surface area contributed by atoms with Crippen LogP contribution in [0.15, 0.2) is 55.0 Å². The topological polar surface area (TPSA) is 72.6 Å². The summed E-state index contributed by atoms with van der Waals surface area (Å²) in [7, 11) is 1.65. The molecule has 4 heterocycles. The number of carbonyl (C=O) groups is 1. The molecule has 30 heavy (non-hydrogen) atoms. The maximum atomic E-state index is 13.0.